The van der Waals surface area contributed by atoms with Gasteiger partial charge in [0.15, 0.2) is 5.78 Å². The molecule has 0 unspecified atom stereocenters. The number of carbonyl (C=O) groups is 1. The molecule has 0 aromatic heterocycles. The summed E-state index contributed by atoms with van der Waals surface area (Å²) in [5.74, 6) is 0.725. The zero-order valence-electron chi connectivity index (χ0n) is 12.2. The molecule has 19 heavy (non-hydrogen) atoms. The van der Waals surface area contributed by atoms with Crippen molar-refractivity contribution in [2.75, 3.05) is 40.5 Å². The number of ether oxygens (including phenoxy) is 2. The summed E-state index contributed by atoms with van der Waals surface area (Å²) in [6, 6.07) is 5.65. The summed E-state index contributed by atoms with van der Waals surface area (Å²) in [5, 5.41) is 0. The molecule has 0 amide bonds. The summed E-state index contributed by atoms with van der Waals surface area (Å²) in [5.41, 5.74) is 1.73. The third-order valence-electron chi connectivity index (χ3n) is 3.08. The first kappa shape index (κ1) is 15.7. The van der Waals surface area contributed by atoms with E-state index in [1.807, 2.05) is 32.0 Å². The molecule has 0 radical (unpaired) electrons. The van der Waals surface area contributed by atoms with Crippen LogP contribution in [0.4, 0.5) is 0 Å². The quantitative estimate of drug-likeness (QED) is 0.675. The maximum Gasteiger partial charge on any atom is 0.180 e. The van der Waals surface area contributed by atoms with Crippen molar-refractivity contribution in [3.8, 4) is 5.75 Å². The normalized spacial score (nSPS) is 10.8. The average Bonchev–Trinajstić information content (AvgIpc) is 2.42. The number of hydrogen-bond donors (Lipinski definition) is 0. The van der Waals surface area contributed by atoms with Crippen LogP contribution in [0.1, 0.15) is 22.8 Å². The Labute approximate surface area is 115 Å². The van der Waals surface area contributed by atoms with Gasteiger partial charge in [-0.3, -0.25) is 9.69 Å². The van der Waals surface area contributed by atoms with Crippen molar-refractivity contribution in [1.82, 2.24) is 4.90 Å². The molecule has 1 rings (SSSR count). The van der Waals surface area contributed by atoms with Gasteiger partial charge in [0.25, 0.3) is 0 Å². The van der Waals surface area contributed by atoms with Crippen LogP contribution in [0.5, 0.6) is 5.75 Å². The summed E-state index contributed by atoms with van der Waals surface area (Å²) in [6.07, 6.45) is 0. The van der Waals surface area contributed by atoms with E-state index in [0.717, 1.165) is 18.7 Å². The molecule has 106 valence electrons. The highest BCUT2D eigenvalue weighted by atomic mass is 16.5. The smallest absolute Gasteiger partial charge is 0.180 e. The van der Waals surface area contributed by atoms with E-state index >= 15 is 0 Å². The van der Waals surface area contributed by atoms with Crippen LogP contribution in [0.15, 0.2) is 18.2 Å². The number of ketones is 1. The van der Waals surface area contributed by atoms with Gasteiger partial charge in [-0.25, -0.2) is 0 Å². The minimum absolute atomic E-state index is 0.0785. The molecule has 4 heteroatoms. The van der Waals surface area contributed by atoms with Gasteiger partial charge in [0.05, 0.1) is 25.8 Å². The third-order valence-corrected chi connectivity index (χ3v) is 3.08. The molecule has 0 heterocycles. The number of methoxy groups -OCH3 is 2. The Kier molecular flexibility index (Phi) is 6.53. The Balaban J connectivity index is 2.76. The maximum absolute atomic E-state index is 12.3. The van der Waals surface area contributed by atoms with E-state index in [-0.39, 0.29) is 5.78 Å². The molecule has 1 aromatic carbocycles. The Bertz CT molecular complexity index is 418. The minimum atomic E-state index is 0.0785. The first-order valence-corrected chi connectivity index (χ1v) is 6.51. The predicted molar refractivity (Wildman–Crippen MR) is 76.1 cm³/mol. The van der Waals surface area contributed by atoms with Crippen molar-refractivity contribution < 1.29 is 14.3 Å². The zero-order chi connectivity index (χ0) is 14.3. The van der Waals surface area contributed by atoms with Gasteiger partial charge in [0, 0.05) is 13.7 Å². The number of Topliss-reactive ketones (excluding diaryl/α,β-unsaturated/α-hetero) is 1. The number of nitrogens with zero attached hydrogens (tertiary/aromatic N) is 1. The van der Waals surface area contributed by atoms with Gasteiger partial charge < -0.3 is 9.47 Å². The van der Waals surface area contributed by atoms with Crippen molar-refractivity contribution >= 4 is 5.78 Å². The lowest BCUT2D eigenvalue weighted by Gasteiger charge is -2.19. The predicted octanol–water partition coefficient (Wildman–Crippen LogP) is 2.15. The zero-order valence-corrected chi connectivity index (χ0v) is 12.2. The largest absolute Gasteiger partial charge is 0.496 e. The molecule has 0 spiro atoms. The molecule has 0 saturated heterocycles. The molecule has 0 N–H and O–H groups in total. The molecule has 0 fully saturated rings. The molecule has 0 bridgehead atoms. The van der Waals surface area contributed by atoms with Crippen LogP contribution in [0.25, 0.3) is 0 Å². The Hall–Kier alpha value is -1.39. The highest BCUT2D eigenvalue weighted by Gasteiger charge is 2.15. The van der Waals surface area contributed by atoms with Crippen molar-refractivity contribution in [2.45, 2.75) is 13.8 Å². The van der Waals surface area contributed by atoms with E-state index in [2.05, 4.69) is 4.90 Å². The van der Waals surface area contributed by atoms with Crippen molar-refractivity contribution in [2.24, 2.45) is 0 Å². The van der Waals surface area contributed by atoms with E-state index in [1.165, 1.54) is 0 Å². The maximum atomic E-state index is 12.3. The Morgan fingerprint density at radius 2 is 2.05 bits per heavy atom. The van der Waals surface area contributed by atoms with Crippen molar-refractivity contribution in [1.29, 1.82) is 0 Å². The van der Waals surface area contributed by atoms with E-state index in [4.69, 9.17) is 9.47 Å². The van der Waals surface area contributed by atoms with E-state index < -0.39 is 0 Å². The first-order valence-electron chi connectivity index (χ1n) is 6.51. The second kappa shape index (κ2) is 7.92. The number of hydrogen-bond acceptors (Lipinski definition) is 4. The number of aryl methyl sites for hydroxylation is 1. The highest BCUT2D eigenvalue weighted by molar-refractivity contribution is 6.00. The molecule has 1 aromatic rings. The molecule has 0 saturated carbocycles. The summed E-state index contributed by atoms with van der Waals surface area (Å²) >= 11 is 0. The Morgan fingerprint density at radius 1 is 1.32 bits per heavy atom. The molecule has 4 nitrogen and oxygen atoms in total. The fraction of sp³-hybridized carbons (Fsp3) is 0.533. The SMILES string of the molecule is CCN(CCOC)CC(=O)c1ccc(C)cc1OC. The van der Waals surface area contributed by atoms with Crippen LogP contribution in [0.2, 0.25) is 0 Å². The summed E-state index contributed by atoms with van der Waals surface area (Å²) in [7, 11) is 3.26. The second-order valence-electron chi connectivity index (χ2n) is 4.49. The van der Waals surface area contributed by atoms with Crippen LogP contribution in [-0.2, 0) is 4.74 Å². The monoisotopic (exact) mass is 265 g/mol. The van der Waals surface area contributed by atoms with Gasteiger partial charge in [-0.1, -0.05) is 13.0 Å². The van der Waals surface area contributed by atoms with Crippen LogP contribution in [-0.4, -0.2) is 51.1 Å². The van der Waals surface area contributed by atoms with E-state index in [9.17, 15) is 4.79 Å². The fourth-order valence-electron chi connectivity index (χ4n) is 1.89. The standard InChI is InChI=1S/C15H23NO3/c1-5-16(8-9-18-3)11-14(17)13-7-6-12(2)10-15(13)19-4/h6-7,10H,5,8-9,11H2,1-4H3. The van der Waals surface area contributed by atoms with Gasteiger partial charge in [0.1, 0.15) is 5.75 Å². The molecule has 0 aliphatic carbocycles. The lowest BCUT2D eigenvalue weighted by Crippen LogP contribution is -2.32. The van der Waals surface area contributed by atoms with E-state index in [0.29, 0.717) is 24.5 Å². The fourth-order valence-corrected chi connectivity index (χ4v) is 1.89. The van der Waals surface area contributed by atoms with Gasteiger partial charge in [-0.2, -0.15) is 0 Å². The van der Waals surface area contributed by atoms with Crippen LogP contribution < -0.4 is 4.74 Å². The molecule has 0 atom stereocenters. The number of benzene rings is 1. The average molecular weight is 265 g/mol. The Morgan fingerprint density at radius 3 is 2.63 bits per heavy atom. The van der Waals surface area contributed by atoms with Gasteiger partial charge >= 0.3 is 0 Å². The second-order valence-corrected chi connectivity index (χ2v) is 4.49. The molecule has 0 aliphatic heterocycles. The lowest BCUT2D eigenvalue weighted by atomic mass is 10.1. The van der Waals surface area contributed by atoms with Crippen LogP contribution in [0.3, 0.4) is 0 Å². The van der Waals surface area contributed by atoms with Crippen LogP contribution >= 0.6 is 0 Å². The topological polar surface area (TPSA) is 38.8 Å². The first-order chi connectivity index (χ1) is 9.12. The molecular weight excluding hydrogens is 242 g/mol. The van der Waals surface area contributed by atoms with Gasteiger partial charge in [-0.05, 0) is 31.2 Å². The minimum Gasteiger partial charge on any atom is -0.496 e. The molecular formula is C15H23NO3. The summed E-state index contributed by atoms with van der Waals surface area (Å²) in [4.78, 5) is 14.4. The van der Waals surface area contributed by atoms with Crippen molar-refractivity contribution in [3.63, 3.8) is 0 Å². The van der Waals surface area contributed by atoms with E-state index in [1.54, 1.807) is 14.2 Å². The molecule has 0 aliphatic rings. The number of carbonyl (C=O) groups excluding carboxylic acids is 1. The summed E-state index contributed by atoms with van der Waals surface area (Å²) < 4.78 is 10.3. The third kappa shape index (κ3) is 4.65. The van der Waals surface area contributed by atoms with Crippen LogP contribution in [0, 0.1) is 6.92 Å². The highest BCUT2D eigenvalue weighted by Crippen LogP contribution is 2.20. The number of rotatable bonds is 8. The summed E-state index contributed by atoms with van der Waals surface area (Å²) in [6.45, 7) is 6.62. The van der Waals surface area contributed by atoms with Crippen molar-refractivity contribution in [3.05, 3.63) is 29.3 Å². The van der Waals surface area contributed by atoms with Gasteiger partial charge in [-0.15, -0.1) is 0 Å². The van der Waals surface area contributed by atoms with Gasteiger partial charge in [0.2, 0.25) is 0 Å². The lowest BCUT2D eigenvalue weighted by molar-refractivity contribution is 0.0899. The number of likely N-dealkylation sites (N-methyl/N-ethyl adjacent to an activating group) is 1.